The summed E-state index contributed by atoms with van der Waals surface area (Å²) in [6, 6.07) is 19.8. The molecule has 5 rings (SSSR count). The number of imidazole rings is 1. The van der Waals surface area contributed by atoms with Gasteiger partial charge in [-0.2, -0.15) is 0 Å². The second kappa shape index (κ2) is 8.40. The number of fused-ring (bicyclic) bond motifs is 1. The van der Waals surface area contributed by atoms with Crippen molar-refractivity contribution in [3.63, 3.8) is 0 Å². The highest BCUT2D eigenvalue weighted by molar-refractivity contribution is 5.77. The van der Waals surface area contributed by atoms with Gasteiger partial charge in [0.15, 0.2) is 5.65 Å². The zero-order valence-corrected chi connectivity index (χ0v) is 17.8. The number of hydrogen-bond acceptors (Lipinski definition) is 5. The van der Waals surface area contributed by atoms with E-state index in [0.29, 0.717) is 12.1 Å². The molecular formula is C25H28N6. The molecule has 1 aliphatic rings. The van der Waals surface area contributed by atoms with Crippen LogP contribution >= 0.6 is 0 Å². The second-order valence-corrected chi connectivity index (χ2v) is 8.41. The first-order chi connectivity index (χ1) is 15.2. The number of nitrogens with one attached hydrogen (secondary N) is 2. The quantitative estimate of drug-likeness (QED) is 0.423. The molecule has 0 saturated heterocycles. The summed E-state index contributed by atoms with van der Waals surface area (Å²) in [5, 5.41) is 11.8. The summed E-state index contributed by atoms with van der Waals surface area (Å²) in [4.78, 5) is 4.48. The summed E-state index contributed by atoms with van der Waals surface area (Å²) < 4.78 is 1.82. The van der Waals surface area contributed by atoms with E-state index in [1.54, 1.807) is 6.20 Å². The highest BCUT2D eigenvalue weighted by Gasteiger charge is 2.19. The van der Waals surface area contributed by atoms with Crippen molar-refractivity contribution in [2.75, 3.05) is 10.6 Å². The molecule has 0 aliphatic heterocycles. The number of anilines is 3. The van der Waals surface area contributed by atoms with Crippen molar-refractivity contribution < 1.29 is 0 Å². The summed E-state index contributed by atoms with van der Waals surface area (Å²) >= 11 is 0. The van der Waals surface area contributed by atoms with E-state index >= 15 is 0 Å². The fourth-order valence-electron chi connectivity index (χ4n) is 4.34. The van der Waals surface area contributed by atoms with E-state index < -0.39 is 0 Å². The predicted molar refractivity (Wildman–Crippen MR) is 127 cm³/mol. The third-order valence-corrected chi connectivity index (χ3v) is 6.10. The number of aromatic nitrogens is 3. The molecule has 2 aromatic heterocycles. The molecular weight excluding hydrogens is 384 g/mol. The number of nitrogens with zero attached hydrogens (tertiary/aromatic N) is 3. The van der Waals surface area contributed by atoms with E-state index in [-0.39, 0.29) is 0 Å². The average Bonchev–Trinajstić information content (AvgIpc) is 3.25. The molecule has 1 fully saturated rings. The molecule has 0 bridgehead atoms. The minimum atomic E-state index is 0.335. The molecule has 4 N–H and O–H groups in total. The van der Waals surface area contributed by atoms with Crippen molar-refractivity contribution in [3.8, 4) is 11.1 Å². The van der Waals surface area contributed by atoms with Gasteiger partial charge >= 0.3 is 0 Å². The fourth-order valence-corrected chi connectivity index (χ4v) is 4.34. The molecule has 1 aliphatic carbocycles. The molecule has 6 nitrogen and oxygen atoms in total. The minimum absolute atomic E-state index is 0.335. The van der Waals surface area contributed by atoms with Gasteiger partial charge in [-0.1, -0.05) is 36.4 Å². The van der Waals surface area contributed by atoms with Crippen LogP contribution in [0.4, 0.5) is 17.2 Å². The summed E-state index contributed by atoms with van der Waals surface area (Å²) in [7, 11) is 0. The summed E-state index contributed by atoms with van der Waals surface area (Å²) in [5.74, 6) is 0.852. The standard InChI is InChI=1S/C25H28N6/c1-17-4-2-3-5-22(17)18-6-10-20(11-7-18)28-23-16-24(30-31-15-14-27-25(23)31)29-21-12-8-19(26)9-13-21/h2-7,10-11,14-16,19,21,28H,8-9,12-13,26H2,1H3,(H,29,30). The molecule has 0 radical (unpaired) electrons. The molecule has 4 aromatic rings. The Balaban J connectivity index is 1.38. The molecule has 2 heterocycles. The van der Waals surface area contributed by atoms with Crippen molar-refractivity contribution in [2.24, 2.45) is 5.73 Å². The molecule has 0 unspecified atom stereocenters. The first-order valence-electron chi connectivity index (χ1n) is 11.0. The van der Waals surface area contributed by atoms with E-state index in [0.717, 1.165) is 48.5 Å². The van der Waals surface area contributed by atoms with Gasteiger partial charge < -0.3 is 16.4 Å². The Hall–Kier alpha value is -3.38. The van der Waals surface area contributed by atoms with Gasteiger partial charge in [-0.3, -0.25) is 0 Å². The van der Waals surface area contributed by atoms with Crippen molar-refractivity contribution in [3.05, 3.63) is 72.6 Å². The normalized spacial score (nSPS) is 18.8. The van der Waals surface area contributed by atoms with Crippen LogP contribution in [0.1, 0.15) is 31.2 Å². The Morgan fingerprint density at radius 1 is 1.00 bits per heavy atom. The molecule has 2 aromatic carbocycles. The third-order valence-electron chi connectivity index (χ3n) is 6.10. The minimum Gasteiger partial charge on any atom is -0.366 e. The Morgan fingerprint density at radius 3 is 2.55 bits per heavy atom. The Labute approximate surface area is 182 Å². The van der Waals surface area contributed by atoms with Crippen molar-refractivity contribution in [1.82, 2.24) is 14.6 Å². The van der Waals surface area contributed by atoms with Crippen LogP contribution in [0.5, 0.6) is 0 Å². The topological polar surface area (TPSA) is 80.3 Å². The van der Waals surface area contributed by atoms with E-state index in [4.69, 9.17) is 5.73 Å². The molecule has 158 valence electrons. The van der Waals surface area contributed by atoms with Gasteiger partial charge in [0.25, 0.3) is 0 Å². The zero-order valence-electron chi connectivity index (χ0n) is 17.8. The van der Waals surface area contributed by atoms with Gasteiger partial charge in [-0.15, -0.1) is 5.10 Å². The fraction of sp³-hybridized carbons (Fsp3) is 0.280. The van der Waals surface area contributed by atoms with Crippen LogP contribution in [0.3, 0.4) is 0 Å². The second-order valence-electron chi connectivity index (χ2n) is 8.41. The summed E-state index contributed by atoms with van der Waals surface area (Å²) in [6.45, 7) is 2.14. The Morgan fingerprint density at radius 2 is 1.77 bits per heavy atom. The SMILES string of the molecule is Cc1ccccc1-c1ccc(Nc2cc(NC3CCC(N)CC3)nn3ccnc23)cc1. The summed E-state index contributed by atoms with van der Waals surface area (Å²) in [5.41, 5.74) is 12.5. The number of rotatable bonds is 5. The largest absolute Gasteiger partial charge is 0.366 e. The van der Waals surface area contributed by atoms with E-state index in [1.807, 2.05) is 16.8 Å². The van der Waals surface area contributed by atoms with Crippen molar-refractivity contribution >= 4 is 22.8 Å². The van der Waals surface area contributed by atoms with E-state index in [9.17, 15) is 0 Å². The Kier molecular flexibility index (Phi) is 5.30. The molecule has 0 atom stereocenters. The first kappa shape index (κ1) is 19.6. The van der Waals surface area contributed by atoms with Crippen LogP contribution in [0.2, 0.25) is 0 Å². The van der Waals surface area contributed by atoms with Gasteiger partial charge in [-0.25, -0.2) is 9.50 Å². The third kappa shape index (κ3) is 4.25. The number of nitrogens with two attached hydrogens (primary N) is 1. The highest BCUT2D eigenvalue weighted by Crippen LogP contribution is 2.28. The average molecular weight is 413 g/mol. The Bertz CT molecular complexity index is 1170. The first-order valence-corrected chi connectivity index (χ1v) is 11.0. The van der Waals surface area contributed by atoms with Crippen LogP contribution in [-0.2, 0) is 0 Å². The van der Waals surface area contributed by atoms with E-state index in [1.165, 1.54) is 16.7 Å². The number of aryl methyl sites for hydroxylation is 1. The maximum Gasteiger partial charge on any atom is 0.177 e. The maximum atomic E-state index is 6.05. The van der Waals surface area contributed by atoms with Gasteiger partial charge in [0.2, 0.25) is 0 Å². The van der Waals surface area contributed by atoms with Crippen LogP contribution in [0, 0.1) is 6.92 Å². The molecule has 0 spiro atoms. The van der Waals surface area contributed by atoms with Crippen molar-refractivity contribution in [2.45, 2.75) is 44.7 Å². The molecule has 6 heteroatoms. The molecule has 0 amide bonds. The molecule has 31 heavy (non-hydrogen) atoms. The monoisotopic (exact) mass is 412 g/mol. The van der Waals surface area contributed by atoms with Gasteiger partial charge in [0.05, 0.1) is 5.69 Å². The van der Waals surface area contributed by atoms with E-state index in [2.05, 4.69) is 76.2 Å². The van der Waals surface area contributed by atoms with Gasteiger partial charge in [0, 0.05) is 36.2 Å². The highest BCUT2D eigenvalue weighted by atomic mass is 15.3. The van der Waals surface area contributed by atoms with Crippen LogP contribution < -0.4 is 16.4 Å². The lowest BCUT2D eigenvalue weighted by atomic mass is 9.92. The number of benzene rings is 2. The van der Waals surface area contributed by atoms with Gasteiger partial charge in [0.1, 0.15) is 5.82 Å². The van der Waals surface area contributed by atoms with Crippen LogP contribution in [-0.4, -0.2) is 26.7 Å². The predicted octanol–water partition coefficient (Wildman–Crippen LogP) is 5.13. The molecule has 1 saturated carbocycles. The number of hydrogen-bond donors (Lipinski definition) is 3. The smallest absolute Gasteiger partial charge is 0.177 e. The van der Waals surface area contributed by atoms with Crippen LogP contribution in [0.25, 0.3) is 16.8 Å². The lowest BCUT2D eigenvalue weighted by Gasteiger charge is -2.27. The lowest BCUT2D eigenvalue weighted by Crippen LogP contribution is -2.33. The summed E-state index contributed by atoms with van der Waals surface area (Å²) in [6.07, 6.45) is 7.93. The van der Waals surface area contributed by atoms with Crippen molar-refractivity contribution in [1.29, 1.82) is 0 Å². The lowest BCUT2D eigenvalue weighted by molar-refractivity contribution is 0.410. The van der Waals surface area contributed by atoms with Gasteiger partial charge in [-0.05, 0) is 61.4 Å². The zero-order chi connectivity index (χ0) is 21.2. The maximum absolute atomic E-state index is 6.05. The van der Waals surface area contributed by atoms with Crippen LogP contribution in [0.15, 0.2) is 67.0 Å².